The van der Waals surface area contributed by atoms with Crippen LogP contribution < -0.4 is 5.32 Å². The van der Waals surface area contributed by atoms with Crippen LogP contribution in [0.5, 0.6) is 0 Å². The van der Waals surface area contributed by atoms with Crippen molar-refractivity contribution in [3.05, 3.63) is 53.9 Å². The number of aromatic nitrogens is 2. The third-order valence-corrected chi connectivity index (χ3v) is 3.08. The number of nitrogens with one attached hydrogen (secondary N) is 1. The summed E-state index contributed by atoms with van der Waals surface area (Å²) in [5.41, 5.74) is 1.15. The second kappa shape index (κ2) is 5.18. The lowest BCUT2D eigenvalue weighted by Crippen LogP contribution is -2.35. The van der Waals surface area contributed by atoms with Gasteiger partial charge in [0.2, 0.25) is 11.9 Å². The number of hydrogen-bond acceptors (Lipinski definition) is 3. The Balaban J connectivity index is 2.20. The maximum Gasteiger partial charge on any atom is 0.236 e. The highest BCUT2D eigenvalue weighted by Gasteiger charge is 2.30. The van der Waals surface area contributed by atoms with E-state index in [1.165, 1.54) is 0 Å². The molecule has 0 aliphatic rings. The van der Waals surface area contributed by atoms with Gasteiger partial charge in [-0.15, -0.1) is 0 Å². The fourth-order valence-corrected chi connectivity index (χ4v) is 1.75. The van der Waals surface area contributed by atoms with E-state index in [2.05, 4.69) is 15.3 Å². The number of anilines is 1. The molecule has 0 aliphatic heterocycles. The molecule has 0 fully saturated rings. The first kappa shape index (κ1) is 13.2. The summed E-state index contributed by atoms with van der Waals surface area (Å²) in [6.45, 7) is 5.63. The zero-order chi connectivity index (χ0) is 13.9. The molecule has 0 radical (unpaired) electrons. The summed E-state index contributed by atoms with van der Waals surface area (Å²) in [7, 11) is 0. The smallest absolute Gasteiger partial charge is 0.236 e. The van der Waals surface area contributed by atoms with E-state index in [-0.39, 0.29) is 5.91 Å². The first-order chi connectivity index (χ1) is 9.00. The zero-order valence-electron chi connectivity index (χ0n) is 11.3. The highest BCUT2D eigenvalue weighted by Crippen LogP contribution is 2.24. The summed E-state index contributed by atoms with van der Waals surface area (Å²) in [4.78, 5) is 20.6. The Labute approximate surface area is 112 Å². The summed E-state index contributed by atoms with van der Waals surface area (Å²) >= 11 is 0. The molecule has 1 heterocycles. The van der Waals surface area contributed by atoms with Crippen molar-refractivity contribution < 1.29 is 4.79 Å². The Kier molecular flexibility index (Phi) is 3.60. The third-order valence-electron chi connectivity index (χ3n) is 3.08. The van der Waals surface area contributed by atoms with Crippen LogP contribution in [-0.4, -0.2) is 15.9 Å². The third kappa shape index (κ3) is 2.96. The lowest BCUT2D eigenvalue weighted by Gasteiger charge is -2.23. The summed E-state index contributed by atoms with van der Waals surface area (Å²) < 4.78 is 0. The number of rotatable bonds is 3. The van der Waals surface area contributed by atoms with Gasteiger partial charge in [-0.3, -0.25) is 10.1 Å². The average Bonchev–Trinajstić information content (AvgIpc) is 2.39. The first-order valence-electron chi connectivity index (χ1n) is 6.17. The van der Waals surface area contributed by atoms with Crippen molar-refractivity contribution in [3.63, 3.8) is 0 Å². The summed E-state index contributed by atoms with van der Waals surface area (Å²) in [5.74, 6) is 0.221. The minimum Gasteiger partial charge on any atom is -0.294 e. The molecular formula is C15H17N3O. The number of carbonyl (C=O) groups excluding carboxylic acids is 1. The van der Waals surface area contributed by atoms with Crippen LogP contribution >= 0.6 is 0 Å². The van der Waals surface area contributed by atoms with Crippen LogP contribution in [0.2, 0.25) is 0 Å². The molecule has 0 atom stereocenters. The molecule has 98 valence electrons. The molecule has 1 N–H and O–H groups in total. The molecule has 2 aromatic rings. The minimum atomic E-state index is -0.631. The largest absolute Gasteiger partial charge is 0.294 e. The van der Waals surface area contributed by atoms with Gasteiger partial charge in [-0.05, 0) is 32.4 Å². The summed E-state index contributed by atoms with van der Waals surface area (Å²) in [6, 6.07) is 11.5. The van der Waals surface area contributed by atoms with Gasteiger partial charge in [0, 0.05) is 11.9 Å². The SMILES string of the molecule is Cc1ccnc(NC(=O)C(C)(C)c2ccccc2)n1. The van der Waals surface area contributed by atoms with E-state index in [9.17, 15) is 4.79 Å². The number of aryl methyl sites for hydroxylation is 1. The second-order valence-electron chi connectivity index (χ2n) is 4.97. The fraction of sp³-hybridized carbons (Fsp3) is 0.267. The number of carbonyl (C=O) groups is 1. The van der Waals surface area contributed by atoms with Gasteiger partial charge < -0.3 is 0 Å². The van der Waals surface area contributed by atoms with Crippen LogP contribution in [0.15, 0.2) is 42.6 Å². The van der Waals surface area contributed by atoms with Crippen molar-refractivity contribution in [1.29, 1.82) is 0 Å². The predicted octanol–water partition coefficient (Wildman–Crippen LogP) is 2.70. The lowest BCUT2D eigenvalue weighted by molar-refractivity contribution is -0.120. The maximum absolute atomic E-state index is 12.4. The van der Waals surface area contributed by atoms with E-state index in [0.29, 0.717) is 5.95 Å². The van der Waals surface area contributed by atoms with Gasteiger partial charge in [0.1, 0.15) is 0 Å². The quantitative estimate of drug-likeness (QED) is 0.917. The molecule has 0 bridgehead atoms. The van der Waals surface area contributed by atoms with Crippen LogP contribution in [0, 0.1) is 6.92 Å². The van der Waals surface area contributed by atoms with Crippen molar-refractivity contribution in [2.75, 3.05) is 5.32 Å². The van der Waals surface area contributed by atoms with Crippen molar-refractivity contribution in [1.82, 2.24) is 9.97 Å². The van der Waals surface area contributed by atoms with Crippen LogP contribution in [0.3, 0.4) is 0 Å². The highest BCUT2D eigenvalue weighted by molar-refractivity contribution is 5.97. The van der Waals surface area contributed by atoms with Crippen molar-refractivity contribution in [3.8, 4) is 0 Å². The standard InChI is InChI=1S/C15H17N3O/c1-11-9-10-16-14(17-11)18-13(19)15(2,3)12-7-5-4-6-8-12/h4-10H,1-3H3,(H,16,17,18,19). The second-order valence-corrected chi connectivity index (χ2v) is 4.97. The number of hydrogen-bond donors (Lipinski definition) is 1. The van der Waals surface area contributed by atoms with Crippen LogP contribution in [-0.2, 0) is 10.2 Å². The molecule has 0 spiro atoms. The van der Waals surface area contributed by atoms with E-state index >= 15 is 0 Å². The molecule has 19 heavy (non-hydrogen) atoms. The predicted molar refractivity (Wildman–Crippen MR) is 74.9 cm³/mol. The zero-order valence-corrected chi connectivity index (χ0v) is 11.3. The number of nitrogens with zero attached hydrogens (tertiary/aromatic N) is 2. The van der Waals surface area contributed by atoms with E-state index in [1.54, 1.807) is 12.3 Å². The van der Waals surface area contributed by atoms with Gasteiger partial charge >= 0.3 is 0 Å². The van der Waals surface area contributed by atoms with Crippen LogP contribution in [0.1, 0.15) is 25.1 Å². The van der Waals surface area contributed by atoms with E-state index in [4.69, 9.17) is 0 Å². The minimum absolute atomic E-state index is 0.121. The summed E-state index contributed by atoms with van der Waals surface area (Å²) in [5, 5.41) is 2.76. The molecular weight excluding hydrogens is 238 g/mol. The molecule has 0 aliphatic carbocycles. The van der Waals surface area contributed by atoms with Crippen molar-refractivity contribution >= 4 is 11.9 Å². The van der Waals surface area contributed by atoms with E-state index in [1.807, 2.05) is 51.1 Å². The Hall–Kier alpha value is -2.23. The topological polar surface area (TPSA) is 54.9 Å². The monoisotopic (exact) mass is 255 g/mol. The van der Waals surface area contributed by atoms with Crippen molar-refractivity contribution in [2.24, 2.45) is 0 Å². The molecule has 1 aromatic carbocycles. The van der Waals surface area contributed by atoms with Crippen LogP contribution in [0.25, 0.3) is 0 Å². The van der Waals surface area contributed by atoms with E-state index in [0.717, 1.165) is 11.3 Å². The fourth-order valence-electron chi connectivity index (χ4n) is 1.75. The number of benzene rings is 1. The molecule has 4 nitrogen and oxygen atoms in total. The molecule has 4 heteroatoms. The first-order valence-corrected chi connectivity index (χ1v) is 6.17. The molecule has 0 saturated carbocycles. The van der Waals surface area contributed by atoms with Gasteiger partial charge in [0.15, 0.2) is 0 Å². The normalized spacial score (nSPS) is 11.1. The average molecular weight is 255 g/mol. The van der Waals surface area contributed by atoms with Gasteiger partial charge in [0.05, 0.1) is 5.41 Å². The Bertz CT molecular complexity index is 579. The molecule has 1 amide bonds. The molecule has 1 aromatic heterocycles. The van der Waals surface area contributed by atoms with Crippen molar-refractivity contribution in [2.45, 2.75) is 26.2 Å². The Morgan fingerprint density at radius 3 is 2.47 bits per heavy atom. The van der Waals surface area contributed by atoms with Gasteiger partial charge in [-0.1, -0.05) is 30.3 Å². The molecule has 0 unspecified atom stereocenters. The maximum atomic E-state index is 12.4. The van der Waals surface area contributed by atoms with Gasteiger partial charge in [-0.25, -0.2) is 9.97 Å². The van der Waals surface area contributed by atoms with Gasteiger partial charge in [0.25, 0.3) is 0 Å². The summed E-state index contributed by atoms with van der Waals surface area (Å²) in [6.07, 6.45) is 1.63. The van der Waals surface area contributed by atoms with Gasteiger partial charge in [-0.2, -0.15) is 0 Å². The van der Waals surface area contributed by atoms with Crippen LogP contribution in [0.4, 0.5) is 5.95 Å². The Morgan fingerprint density at radius 1 is 1.16 bits per heavy atom. The highest BCUT2D eigenvalue weighted by atomic mass is 16.2. The van der Waals surface area contributed by atoms with E-state index < -0.39 is 5.41 Å². The Morgan fingerprint density at radius 2 is 1.84 bits per heavy atom. The molecule has 2 rings (SSSR count). The molecule has 0 saturated heterocycles. The lowest BCUT2D eigenvalue weighted by atomic mass is 9.84. The number of amides is 1.